The third-order valence-electron chi connectivity index (χ3n) is 3.96. The van der Waals surface area contributed by atoms with Gasteiger partial charge in [0.15, 0.2) is 11.7 Å². The van der Waals surface area contributed by atoms with Gasteiger partial charge in [0.1, 0.15) is 11.6 Å². The molecule has 3 rings (SSSR count). The van der Waals surface area contributed by atoms with Crippen molar-refractivity contribution in [2.45, 2.75) is 25.9 Å². The first-order valence-electron chi connectivity index (χ1n) is 9.02. The smallest absolute Gasteiger partial charge is 0.434 e. The van der Waals surface area contributed by atoms with Crippen molar-refractivity contribution in [3.63, 3.8) is 0 Å². The number of halogens is 3. The molecule has 2 aromatic heterocycles. The third-order valence-corrected chi connectivity index (χ3v) is 4.81. The number of guanidine groups is 1. The van der Waals surface area contributed by atoms with Crippen molar-refractivity contribution in [2.24, 2.45) is 4.99 Å². The van der Waals surface area contributed by atoms with E-state index in [0.29, 0.717) is 30.0 Å². The molecule has 0 aliphatic rings. The number of nitrogens with one attached hydrogen (secondary N) is 2. The monoisotopic (exact) mass is 435 g/mol. The molecule has 0 saturated carbocycles. The Balaban J connectivity index is 1.49. The zero-order chi connectivity index (χ0) is 21.4. The Labute approximate surface area is 175 Å². The summed E-state index contributed by atoms with van der Waals surface area (Å²) in [7, 11) is 1.58. The molecule has 158 valence electrons. The summed E-state index contributed by atoms with van der Waals surface area (Å²) in [5.74, 6) is 0.950. The normalized spacial score (nSPS) is 11.9. The van der Waals surface area contributed by atoms with E-state index in [1.165, 1.54) is 0 Å². The predicted octanol–water partition coefficient (Wildman–Crippen LogP) is 4.00. The molecular formula is C20H20F3N5OS. The fraction of sp³-hybridized carbons (Fsp3) is 0.250. The number of thiazole rings is 1. The van der Waals surface area contributed by atoms with E-state index in [9.17, 15) is 13.2 Å². The molecule has 2 heterocycles. The molecular weight excluding hydrogens is 415 g/mol. The van der Waals surface area contributed by atoms with Gasteiger partial charge in [-0.15, -0.1) is 11.3 Å². The summed E-state index contributed by atoms with van der Waals surface area (Å²) in [6, 6.07) is 13.4. The molecule has 1 aromatic carbocycles. The van der Waals surface area contributed by atoms with E-state index < -0.39 is 11.9 Å². The molecule has 30 heavy (non-hydrogen) atoms. The van der Waals surface area contributed by atoms with Crippen molar-refractivity contribution in [3.8, 4) is 5.88 Å². The second-order valence-corrected chi connectivity index (χ2v) is 7.12. The maximum Gasteiger partial charge on any atom is 0.434 e. The van der Waals surface area contributed by atoms with Crippen LogP contribution in [0, 0.1) is 0 Å². The average molecular weight is 435 g/mol. The van der Waals surface area contributed by atoms with E-state index in [2.05, 4.69) is 25.6 Å². The number of alkyl halides is 3. The van der Waals surface area contributed by atoms with Gasteiger partial charge in [-0.1, -0.05) is 30.3 Å². The lowest BCUT2D eigenvalue weighted by atomic mass is 10.2. The molecule has 0 radical (unpaired) electrons. The number of rotatable bonds is 7. The number of pyridine rings is 1. The average Bonchev–Trinajstić information content (AvgIpc) is 3.23. The second kappa shape index (κ2) is 10.1. The van der Waals surface area contributed by atoms with Crippen molar-refractivity contribution in [1.29, 1.82) is 0 Å². The fourth-order valence-corrected chi connectivity index (χ4v) is 3.20. The topological polar surface area (TPSA) is 71.4 Å². The summed E-state index contributed by atoms with van der Waals surface area (Å²) in [6.45, 7) is 0.999. The quantitative estimate of drug-likeness (QED) is 0.434. The van der Waals surface area contributed by atoms with Gasteiger partial charge in [-0.2, -0.15) is 13.2 Å². The molecule has 0 atom stereocenters. The van der Waals surface area contributed by atoms with Gasteiger partial charge in [0, 0.05) is 31.2 Å². The van der Waals surface area contributed by atoms with E-state index in [4.69, 9.17) is 4.74 Å². The SMILES string of the molecule is CN=C(NCc1ccnc(OCc2ccccc2)c1)NCc1nc(C(F)(F)F)cs1. The Bertz CT molecular complexity index is 976. The highest BCUT2D eigenvalue weighted by Crippen LogP contribution is 2.29. The van der Waals surface area contributed by atoms with E-state index in [0.717, 1.165) is 27.8 Å². The summed E-state index contributed by atoms with van der Waals surface area (Å²) in [6.07, 6.45) is -2.78. The first kappa shape index (κ1) is 21.6. The minimum absolute atomic E-state index is 0.141. The molecule has 0 amide bonds. The lowest BCUT2D eigenvalue weighted by molar-refractivity contribution is -0.140. The molecule has 0 fully saturated rings. The zero-order valence-corrected chi connectivity index (χ0v) is 16.9. The molecule has 3 aromatic rings. The first-order chi connectivity index (χ1) is 14.4. The minimum atomic E-state index is -4.43. The van der Waals surface area contributed by atoms with E-state index in [1.807, 2.05) is 42.5 Å². The Morgan fingerprint density at radius 2 is 1.87 bits per heavy atom. The van der Waals surface area contributed by atoms with Gasteiger partial charge in [0.05, 0.1) is 6.54 Å². The largest absolute Gasteiger partial charge is 0.473 e. The van der Waals surface area contributed by atoms with Crippen LogP contribution in [0.4, 0.5) is 13.2 Å². The van der Waals surface area contributed by atoms with E-state index in [-0.39, 0.29) is 6.54 Å². The highest BCUT2D eigenvalue weighted by Gasteiger charge is 2.33. The highest BCUT2D eigenvalue weighted by atomic mass is 32.1. The Morgan fingerprint density at radius 3 is 2.57 bits per heavy atom. The summed E-state index contributed by atoms with van der Waals surface area (Å²) >= 11 is 0.948. The third kappa shape index (κ3) is 6.45. The van der Waals surface area contributed by atoms with Crippen LogP contribution in [0.1, 0.15) is 21.8 Å². The molecule has 2 N–H and O–H groups in total. The summed E-state index contributed by atoms with van der Waals surface area (Å²) in [5.41, 5.74) is 1.08. The van der Waals surface area contributed by atoms with Crippen LogP contribution in [0.2, 0.25) is 0 Å². The molecule has 0 aliphatic carbocycles. The highest BCUT2D eigenvalue weighted by molar-refractivity contribution is 7.09. The molecule has 0 spiro atoms. The van der Waals surface area contributed by atoms with Crippen LogP contribution >= 0.6 is 11.3 Å². The van der Waals surface area contributed by atoms with E-state index in [1.54, 1.807) is 13.2 Å². The van der Waals surface area contributed by atoms with Gasteiger partial charge < -0.3 is 15.4 Å². The van der Waals surface area contributed by atoms with Crippen LogP contribution in [-0.4, -0.2) is 23.0 Å². The lowest BCUT2D eigenvalue weighted by Gasteiger charge is -2.12. The molecule has 0 unspecified atom stereocenters. The lowest BCUT2D eigenvalue weighted by Crippen LogP contribution is -2.36. The number of ether oxygens (including phenoxy) is 1. The van der Waals surface area contributed by atoms with Crippen LogP contribution in [0.5, 0.6) is 5.88 Å². The number of hydrogen-bond donors (Lipinski definition) is 2. The zero-order valence-electron chi connectivity index (χ0n) is 16.1. The van der Waals surface area contributed by atoms with Crippen molar-refractivity contribution in [2.75, 3.05) is 7.05 Å². The maximum absolute atomic E-state index is 12.6. The van der Waals surface area contributed by atoms with Crippen LogP contribution < -0.4 is 15.4 Å². The Morgan fingerprint density at radius 1 is 1.10 bits per heavy atom. The van der Waals surface area contributed by atoms with Crippen molar-refractivity contribution >= 4 is 17.3 Å². The van der Waals surface area contributed by atoms with Crippen molar-refractivity contribution < 1.29 is 17.9 Å². The van der Waals surface area contributed by atoms with Gasteiger partial charge in [0.2, 0.25) is 5.88 Å². The van der Waals surface area contributed by atoms with Gasteiger partial charge in [-0.25, -0.2) is 9.97 Å². The van der Waals surface area contributed by atoms with Gasteiger partial charge >= 0.3 is 6.18 Å². The predicted molar refractivity (Wildman–Crippen MR) is 109 cm³/mol. The fourth-order valence-electron chi connectivity index (χ4n) is 2.46. The Kier molecular flexibility index (Phi) is 7.23. The number of nitrogens with zero attached hydrogens (tertiary/aromatic N) is 3. The molecule has 0 saturated heterocycles. The summed E-state index contributed by atoms with van der Waals surface area (Å²) < 4.78 is 43.6. The van der Waals surface area contributed by atoms with Crippen molar-refractivity contribution in [3.05, 3.63) is 75.9 Å². The number of benzene rings is 1. The van der Waals surface area contributed by atoms with Crippen LogP contribution in [-0.2, 0) is 25.9 Å². The van der Waals surface area contributed by atoms with Gasteiger partial charge in [-0.05, 0) is 17.2 Å². The van der Waals surface area contributed by atoms with Gasteiger partial charge in [0.25, 0.3) is 0 Å². The van der Waals surface area contributed by atoms with E-state index >= 15 is 0 Å². The summed E-state index contributed by atoms with van der Waals surface area (Å²) in [4.78, 5) is 11.9. The molecule has 10 heteroatoms. The first-order valence-corrected chi connectivity index (χ1v) is 9.90. The number of aliphatic imine (C=N–C) groups is 1. The summed E-state index contributed by atoms with van der Waals surface area (Å²) in [5, 5.41) is 7.38. The van der Waals surface area contributed by atoms with Crippen molar-refractivity contribution in [1.82, 2.24) is 20.6 Å². The second-order valence-electron chi connectivity index (χ2n) is 6.18. The molecule has 0 aliphatic heterocycles. The molecule has 6 nitrogen and oxygen atoms in total. The van der Waals surface area contributed by atoms with Crippen LogP contribution in [0.15, 0.2) is 59.0 Å². The minimum Gasteiger partial charge on any atom is -0.473 e. The van der Waals surface area contributed by atoms with Crippen LogP contribution in [0.25, 0.3) is 0 Å². The Hall–Kier alpha value is -3.14. The van der Waals surface area contributed by atoms with Crippen LogP contribution in [0.3, 0.4) is 0 Å². The standard InChI is InChI=1S/C20H20F3N5OS/c1-24-19(27-11-18-28-16(13-30-18)20(21,22)23)26-10-15-7-8-25-17(9-15)29-12-14-5-3-2-4-6-14/h2-9,13H,10-12H2,1H3,(H2,24,26,27). The number of aromatic nitrogens is 2. The van der Waals surface area contributed by atoms with Gasteiger partial charge in [-0.3, -0.25) is 4.99 Å². The number of hydrogen-bond acceptors (Lipinski definition) is 5. The maximum atomic E-state index is 12.6. The molecule has 0 bridgehead atoms.